The zero-order valence-electron chi connectivity index (χ0n) is 10.0. The predicted molar refractivity (Wildman–Crippen MR) is 72.7 cm³/mol. The van der Waals surface area contributed by atoms with Crippen molar-refractivity contribution in [3.8, 4) is 11.4 Å². The van der Waals surface area contributed by atoms with Crippen LogP contribution in [0, 0.1) is 0 Å². The number of methoxy groups -OCH3 is 1. The number of hydrogen-bond donors (Lipinski definition) is 0. The van der Waals surface area contributed by atoms with Crippen molar-refractivity contribution in [2.24, 2.45) is 0 Å². The smallest absolute Gasteiger partial charge is 0.165 e. The third-order valence-electron chi connectivity index (χ3n) is 2.87. The molecule has 0 saturated heterocycles. The predicted octanol–water partition coefficient (Wildman–Crippen LogP) is 2.81. The number of aromatic nitrogens is 3. The number of fused-ring (bicyclic) bond motifs is 1. The third kappa shape index (κ3) is 1.91. The molecule has 0 N–H and O–H groups in total. The summed E-state index contributed by atoms with van der Waals surface area (Å²) in [6.07, 6.45) is 1.75. The monoisotopic (exact) mass is 259 g/mol. The van der Waals surface area contributed by atoms with Crippen LogP contribution < -0.4 is 0 Å². The number of ether oxygens (including phenoxy) is 1. The highest BCUT2D eigenvalue weighted by Crippen LogP contribution is 2.32. The summed E-state index contributed by atoms with van der Waals surface area (Å²) in [6.45, 7) is 1.43. The molecule has 2 heterocycles. The van der Waals surface area contributed by atoms with Gasteiger partial charge in [0.15, 0.2) is 5.82 Å². The molecule has 4 nitrogen and oxygen atoms in total. The molecule has 0 aliphatic carbocycles. The fourth-order valence-electron chi connectivity index (χ4n) is 1.97. The average Bonchev–Trinajstić information content (AvgIpc) is 3.02. The molecule has 0 bridgehead atoms. The SMILES string of the molecule is COCCn1cnnc1-c1csc2ccccc12. The van der Waals surface area contributed by atoms with Gasteiger partial charge in [0.1, 0.15) is 6.33 Å². The van der Waals surface area contributed by atoms with Crippen LogP contribution in [0.25, 0.3) is 21.5 Å². The van der Waals surface area contributed by atoms with Crippen molar-refractivity contribution in [2.45, 2.75) is 6.54 Å². The zero-order valence-corrected chi connectivity index (χ0v) is 10.9. The molecule has 1 aromatic carbocycles. The lowest BCUT2D eigenvalue weighted by atomic mass is 10.1. The molecule has 0 unspecified atom stereocenters. The lowest BCUT2D eigenvalue weighted by molar-refractivity contribution is 0.187. The van der Waals surface area contributed by atoms with Gasteiger partial charge >= 0.3 is 0 Å². The van der Waals surface area contributed by atoms with Gasteiger partial charge in [0.05, 0.1) is 6.61 Å². The van der Waals surface area contributed by atoms with Gasteiger partial charge in [0, 0.05) is 34.7 Å². The van der Waals surface area contributed by atoms with E-state index in [1.165, 1.54) is 10.1 Å². The lowest BCUT2D eigenvalue weighted by Gasteiger charge is -2.04. The fourth-order valence-corrected chi connectivity index (χ4v) is 2.91. The molecular formula is C13H13N3OS. The van der Waals surface area contributed by atoms with Crippen molar-refractivity contribution in [3.05, 3.63) is 36.0 Å². The van der Waals surface area contributed by atoms with E-state index in [0.29, 0.717) is 6.61 Å². The summed E-state index contributed by atoms with van der Waals surface area (Å²) in [5, 5.41) is 11.6. The summed E-state index contributed by atoms with van der Waals surface area (Å²) in [6, 6.07) is 8.35. The summed E-state index contributed by atoms with van der Waals surface area (Å²) >= 11 is 1.73. The van der Waals surface area contributed by atoms with Gasteiger partial charge in [0.25, 0.3) is 0 Å². The Bertz CT molecular complexity index is 659. The van der Waals surface area contributed by atoms with Crippen molar-refractivity contribution in [1.82, 2.24) is 14.8 Å². The first kappa shape index (κ1) is 11.4. The van der Waals surface area contributed by atoms with Crippen molar-refractivity contribution < 1.29 is 4.74 Å². The standard InChI is InChI=1S/C13H13N3OS/c1-17-7-6-16-9-14-15-13(16)11-8-18-12-5-3-2-4-10(11)12/h2-5,8-9H,6-7H2,1H3. The summed E-state index contributed by atoms with van der Waals surface area (Å²) in [4.78, 5) is 0. The Morgan fingerprint density at radius 3 is 3.11 bits per heavy atom. The zero-order chi connectivity index (χ0) is 12.4. The third-order valence-corrected chi connectivity index (χ3v) is 3.84. The van der Waals surface area contributed by atoms with Crippen molar-refractivity contribution in [1.29, 1.82) is 0 Å². The first-order chi connectivity index (χ1) is 8.90. The van der Waals surface area contributed by atoms with Crippen LogP contribution in [-0.4, -0.2) is 28.5 Å². The molecule has 2 aromatic heterocycles. The first-order valence-electron chi connectivity index (χ1n) is 5.73. The van der Waals surface area contributed by atoms with Gasteiger partial charge in [-0.25, -0.2) is 0 Å². The molecule has 0 saturated carbocycles. The van der Waals surface area contributed by atoms with Gasteiger partial charge in [-0.1, -0.05) is 18.2 Å². The van der Waals surface area contributed by atoms with Gasteiger partial charge in [-0.3, -0.25) is 0 Å². The second-order valence-electron chi connectivity index (χ2n) is 3.99. The normalized spacial score (nSPS) is 11.2. The van der Waals surface area contributed by atoms with Crippen LogP contribution in [0.2, 0.25) is 0 Å². The molecule has 5 heteroatoms. The average molecular weight is 259 g/mol. The van der Waals surface area contributed by atoms with Crippen LogP contribution in [0.5, 0.6) is 0 Å². The van der Waals surface area contributed by atoms with Gasteiger partial charge in [-0.2, -0.15) is 0 Å². The van der Waals surface area contributed by atoms with E-state index in [1.807, 2.05) is 4.57 Å². The molecular weight excluding hydrogens is 246 g/mol. The molecule has 0 aliphatic heterocycles. The molecule has 92 valence electrons. The topological polar surface area (TPSA) is 39.9 Å². The number of hydrogen-bond acceptors (Lipinski definition) is 4. The van der Waals surface area contributed by atoms with Crippen LogP contribution in [0.3, 0.4) is 0 Å². The first-order valence-corrected chi connectivity index (χ1v) is 6.61. The Morgan fingerprint density at radius 1 is 1.33 bits per heavy atom. The Hall–Kier alpha value is -1.72. The van der Waals surface area contributed by atoms with E-state index in [0.717, 1.165) is 17.9 Å². The minimum absolute atomic E-state index is 0.660. The van der Waals surface area contributed by atoms with E-state index >= 15 is 0 Å². The van der Waals surface area contributed by atoms with Crippen molar-refractivity contribution in [2.75, 3.05) is 13.7 Å². The number of thiophene rings is 1. The summed E-state index contributed by atoms with van der Waals surface area (Å²) < 4.78 is 8.40. The molecule has 0 atom stereocenters. The Labute approximate surface area is 109 Å². The van der Waals surface area contributed by atoms with Crippen LogP contribution in [0.1, 0.15) is 0 Å². The quantitative estimate of drug-likeness (QED) is 0.723. The van der Waals surface area contributed by atoms with Crippen molar-refractivity contribution >= 4 is 21.4 Å². The van der Waals surface area contributed by atoms with E-state index in [2.05, 4.69) is 39.8 Å². The minimum Gasteiger partial charge on any atom is -0.383 e. The highest BCUT2D eigenvalue weighted by Gasteiger charge is 2.11. The van der Waals surface area contributed by atoms with Crippen LogP contribution in [-0.2, 0) is 11.3 Å². The van der Waals surface area contributed by atoms with Gasteiger partial charge < -0.3 is 9.30 Å². The van der Waals surface area contributed by atoms with E-state index in [9.17, 15) is 0 Å². The van der Waals surface area contributed by atoms with E-state index in [4.69, 9.17) is 4.74 Å². The summed E-state index contributed by atoms with van der Waals surface area (Å²) in [5.41, 5.74) is 1.14. The van der Waals surface area contributed by atoms with E-state index in [1.54, 1.807) is 24.8 Å². The van der Waals surface area contributed by atoms with Gasteiger partial charge in [0.2, 0.25) is 0 Å². The second kappa shape index (κ2) is 4.88. The summed E-state index contributed by atoms with van der Waals surface area (Å²) in [5.74, 6) is 0.907. The minimum atomic E-state index is 0.660. The van der Waals surface area contributed by atoms with Crippen LogP contribution >= 0.6 is 11.3 Å². The second-order valence-corrected chi connectivity index (χ2v) is 4.90. The molecule has 0 amide bonds. The Balaban J connectivity index is 2.06. The molecule has 3 rings (SSSR count). The molecule has 0 aliphatic rings. The number of rotatable bonds is 4. The van der Waals surface area contributed by atoms with Crippen molar-refractivity contribution in [3.63, 3.8) is 0 Å². The van der Waals surface area contributed by atoms with Crippen LogP contribution in [0.15, 0.2) is 36.0 Å². The highest BCUT2D eigenvalue weighted by atomic mass is 32.1. The van der Waals surface area contributed by atoms with Gasteiger partial charge in [-0.05, 0) is 6.07 Å². The number of benzene rings is 1. The maximum atomic E-state index is 5.10. The molecule has 0 radical (unpaired) electrons. The molecule has 0 spiro atoms. The number of nitrogens with zero attached hydrogens (tertiary/aromatic N) is 3. The summed E-state index contributed by atoms with van der Waals surface area (Å²) in [7, 11) is 1.70. The fraction of sp³-hybridized carbons (Fsp3) is 0.231. The maximum Gasteiger partial charge on any atom is 0.165 e. The van der Waals surface area contributed by atoms with Crippen LogP contribution in [0.4, 0.5) is 0 Å². The molecule has 3 aromatic rings. The molecule has 18 heavy (non-hydrogen) atoms. The van der Waals surface area contributed by atoms with E-state index in [-0.39, 0.29) is 0 Å². The van der Waals surface area contributed by atoms with Gasteiger partial charge in [-0.15, -0.1) is 21.5 Å². The van der Waals surface area contributed by atoms with E-state index < -0.39 is 0 Å². The Morgan fingerprint density at radius 2 is 2.22 bits per heavy atom. The maximum absolute atomic E-state index is 5.10. The lowest BCUT2D eigenvalue weighted by Crippen LogP contribution is -2.04. The largest absolute Gasteiger partial charge is 0.383 e. The highest BCUT2D eigenvalue weighted by molar-refractivity contribution is 7.17. The Kier molecular flexibility index (Phi) is 3.08. The molecule has 0 fully saturated rings.